The molecule has 2 amide bonds. The fourth-order valence-corrected chi connectivity index (χ4v) is 4.03. The molecule has 0 bridgehead atoms. The summed E-state index contributed by atoms with van der Waals surface area (Å²) in [5.74, 6) is -0.921. The molecule has 33 heavy (non-hydrogen) atoms. The number of nitrogens with one attached hydrogen (secondary N) is 1. The summed E-state index contributed by atoms with van der Waals surface area (Å²) in [7, 11) is 0. The van der Waals surface area contributed by atoms with Crippen LogP contribution in [0.5, 0.6) is 0 Å². The van der Waals surface area contributed by atoms with Gasteiger partial charge < -0.3 is 10.2 Å². The Kier molecular flexibility index (Phi) is 8.20. The highest BCUT2D eigenvalue weighted by Gasteiger charge is 2.31. The second kappa shape index (κ2) is 10.9. The van der Waals surface area contributed by atoms with Gasteiger partial charge in [0.1, 0.15) is 5.01 Å². The van der Waals surface area contributed by atoms with Crippen molar-refractivity contribution >= 4 is 44.2 Å². The third kappa shape index (κ3) is 6.84. The minimum Gasteiger partial charge on any atom is -0.338 e. The minimum atomic E-state index is -4.54. The summed E-state index contributed by atoms with van der Waals surface area (Å²) >= 11 is 4.58. The summed E-state index contributed by atoms with van der Waals surface area (Å²) in [4.78, 5) is 26.5. The Morgan fingerprint density at radius 1 is 1.09 bits per heavy atom. The minimum absolute atomic E-state index is 0.0299. The summed E-state index contributed by atoms with van der Waals surface area (Å²) in [6.07, 6.45) is -3.97. The number of benzene rings is 2. The Balaban J connectivity index is 1.61. The molecule has 0 saturated heterocycles. The molecule has 0 aliphatic carbocycles. The Morgan fingerprint density at radius 3 is 2.48 bits per heavy atom. The second-order valence-corrected chi connectivity index (χ2v) is 8.98. The maximum absolute atomic E-state index is 13.0. The first-order valence-electron chi connectivity index (χ1n) is 10.0. The van der Waals surface area contributed by atoms with Crippen molar-refractivity contribution < 1.29 is 22.8 Å². The molecular weight excluding hydrogens is 521 g/mol. The second-order valence-electron chi connectivity index (χ2n) is 7.09. The van der Waals surface area contributed by atoms with E-state index in [4.69, 9.17) is 0 Å². The SMILES string of the molecule is CCCN(CCC(=O)Nc1nnc(-c2ccc(Br)cc2)s1)C(=O)c1cccc(C(F)(F)F)c1. The summed E-state index contributed by atoms with van der Waals surface area (Å²) in [6, 6.07) is 11.8. The first-order valence-corrected chi connectivity index (χ1v) is 11.6. The van der Waals surface area contributed by atoms with E-state index in [1.54, 1.807) is 0 Å². The van der Waals surface area contributed by atoms with Crippen LogP contribution in [-0.2, 0) is 11.0 Å². The Morgan fingerprint density at radius 2 is 1.82 bits per heavy atom. The summed E-state index contributed by atoms with van der Waals surface area (Å²) in [6.45, 7) is 2.22. The quantitative estimate of drug-likeness (QED) is 0.387. The monoisotopic (exact) mass is 540 g/mol. The highest BCUT2D eigenvalue weighted by molar-refractivity contribution is 9.10. The maximum Gasteiger partial charge on any atom is 0.416 e. The van der Waals surface area contributed by atoms with Crippen molar-refractivity contribution in [3.05, 3.63) is 64.1 Å². The number of carbonyl (C=O) groups excluding carboxylic acids is 2. The lowest BCUT2D eigenvalue weighted by atomic mass is 10.1. The normalized spacial score (nSPS) is 11.3. The van der Waals surface area contributed by atoms with Gasteiger partial charge in [-0.3, -0.25) is 9.59 Å². The number of aromatic nitrogens is 2. The predicted octanol–water partition coefficient (Wildman–Crippen LogP) is 5.87. The molecule has 0 atom stereocenters. The average molecular weight is 541 g/mol. The number of amides is 2. The molecule has 3 rings (SSSR count). The summed E-state index contributed by atoms with van der Waals surface area (Å²) in [5, 5.41) is 11.7. The third-order valence-electron chi connectivity index (χ3n) is 4.59. The number of anilines is 1. The number of hydrogen-bond acceptors (Lipinski definition) is 5. The molecule has 6 nitrogen and oxygen atoms in total. The van der Waals surface area contributed by atoms with Gasteiger partial charge in [0.05, 0.1) is 5.56 Å². The van der Waals surface area contributed by atoms with Gasteiger partial charge in [0.25, 0.3) is 5.91 Å². The zero-order valence-corrected chi connectivity index (χ0v) is 19.9. The van der Waals surface area contributed by atoms with Crippen LogP contribution in [0.1, 0.15) is 35.7 Å². The van der Waals surface area contributed by atoms with Crippen LogP contribution in [0.15, 0.2) is 53.0 Å². The van der Waals surface area contributed by atoms with Crippen LogP contribution in [-0.4, -0.2) is 40.0 Å². The summed E-state index contributed by atoms with van der Waals surface area (Å²) < 4.78 is 39.9. The van der Waals surface area contributed by atoms with Crippen LogP contribution in [0.2, 0.25) is 0 Å². The largest absolute Gasteiger partial charge is 0.416 e. The molecule has 0 unspecified atom stereocenters. The number of hydrogen-bond donors (Lipinski definition) is 1. The van der Waals surface area contributed by atoms with Gasteiger partial charge in [0, 0.05) is 35.1 Å². The molecular formula is C22H20BrF3N4O2S. The predicted molar refractivity (Wildman–Crippen MR) is 124 cm³/mol. The molecule has 0 aliphatic heterocycles. The maximum atomic E-state index is 13.0. The highest BCUT2D eigenvalue weighted by Crippen LogP contribution is 2.30. The van der Waals surface area contributed by atoms with Crippen LogP contribution in [0, 0.1) is 0 Å². The van der Waals surface area contributed by atoms with Gasteiger partial charge >= 0.3 is 6.18 Å². The van der Waals surface area contributed by atoms with Crippen LogP contribution < -0.4 is 5.32 Å². The standard InChI is InChI=1S/C22H20BrF3N4O2S/c1-2-11-30(20(32)15-4-3-5-16(13-15)22(24,25)26)12-10-18(31)27-21-29-28-19(33-21)14-6-8-17(23)9-7-14/h3-9,13H,2,10-12H2,1H3,(H,27,29,31). The molecule has 0 aliphatic rings. The van der Waals surface area contributed by atoms with Crippen molar-refractivity contribution in [3.8, 4) is 10.6 Å². The zero-order valence-electron chi connectivity index (χ0n) is 17.5. The molecule has 1 heterocycles. The van der Waals surface area contributed by atoms with Gasteiger partial charge in [-0.1, -0.05) is 52.4 Å². The number of rotatable bonds is 8. The molecule has 0 spiro atoms. The Bertz CT molecular complexity index is 1120. The van der Waals surface area contributed by atoms with E-state index >= 15 is 0 Å². The van der Waals surface area contributed by atoms with Crippen molar-refractivity contribution in [1.82, 2.24) is 15.1 Å². The topological polar surface area (TPSA) is 75.2 Å². The van der Waals surface area contributed by atoms with Gasteiger partial charge in [-0.2, -0.15) is 13.2 Å². The van der Waals surface area contributed by atoms with Gasteiger partial charge in [-0.25, -0.2) is 0 Å². The van der Waals surface area contributed by atoms with E-state index in [1.807, 2.05) is 31.2 Å². The van der Waals surface area contributed by atoms with Crippen molar-refractivity contribution in [1.29, 1.82) is 0 Å². The van der Waals surface area contributed by atoms with Crippen molar-refractivity contribution in [2.45, 2.75) is 25.9 Å². The molecule has 1 aromatic heterocycles. The molecule has 1 N–H and O–H groups in total. The average Bonchev–Trinajstić information content (AvgIpc) is 3.24. The lowest BCUT2D eigenvalue weighted by Gasteiger charge is -2.22. The van der Waals surface area contributed by atoms with Gasteiger partial charge in [-0.15, -0.1) is 10.2 Å². The van der Waals surface area contributed by atoms with Gasteiger partial charge in [0.15, 0.2) is 0 Å². The van der Waals surface area contributed by atoms with Gasteiger partial charge in [0.2, 0.25) is 11.0 Å². The van der Waals surface area contributed by atoms with Crippen LogP contribution >= 0.6 is 27.3 Å². The van der Waals surface area contributed by atoms with Crippen molar-refractivity contribution in [2.75, 3.05) is 18.4 Å². The van der Waals surface area contributed by atoms with E-state index in [0.29, 0.717) is 23.1 Å². The molecule has 2 aromatic carbocycles. The van der Waals surface area contributed by atoms with Crippen LogP contribution in [0.25, 0.3) is 10.6 Å². The van der Waals surface area contributed by atoms with Crippen molar-refractivity contribution in [3.63, 3.8) is 0 Å². The van der Waals surface area contributed by atoms with Crippen LogP contribution in [0.4, 0.5) is 18.3 Å². The number of alkyl halides is 3. The molecule has 11 heteroatoms. The number of nitrogens with zero attached hydrogens (tertiary/aromatic N) is 3. The van der Waals surface area contributed by atoms with E-state index in [9.17, 15) is 22.8 Å². The summed E-state index contributed by atoms with van der Waals surface area (Å²) in [5.41, 5.74) is -0.0978. The first kappa shape index (κ1) is 24.8. The number of carbonyl (C=O) groups is 2. The van der Waals surface area contributed by atoms with E-state index < -0.39 is 17.6 Å². The Labute approximate surface area is 201 Å². The van der Waals surface area contributed by atoms with E-state index in [0.717, 1.165) is 22.2 Å². The molecule has 174 valence electrons. The van der Waals surface area contributed by atoms with E-state index in [1.165, 1.54) is 28.4 Å². The van der Waals surface area contributed by atoms with Gasteiger partial charge in [-0.05, 0) is 36.8 Å². The lowest BCUT2D eigenvalue weighted by Crippen LogP contribution is -2.34. The lowest BCUT2D eigenvalue weighted by molar-refractivity contribution is -0.137. The molecule has 0 radical (unpaired) electrons. The fraction of sp³-hybridized carbons (Fsp3) is 0.273. The molecule has 0 fully saturated rings. The fourth-order valence-electron chi connectivity index (χ4n) is 3.00. The molecule has 3 aromatic rings. The van der Waals surface area contributed by atoms with E-state index in [2.05, 4.69) is 31.4 Å². The Hall–Kier alpha value is -2.79. The van der Waals surface area contributed by atoms with Crippen LogP contribution in [0.3, 0.4) is 0 Å². The van der Waals surface area contributed by atoms with Crippen molar-refractivity contribution in [2.24, 2.45) is 0 Å². The molecule has 0 saturated carbocycles. The first-order chi connectivity index (χ1) is 15.7. The number of halogens is 4. The highest BCUT2D eigenvalue weighted by atomic mass is 79.9. The zero-order chi connectivity index (χ0) is 24.0. The third-order valence-corrected chi connectivity index (χ3v) is 6.01. The van der Waals surface area contributed by atoms with E-state index in [-0.39, 0.29) is 24.4 Å². The smallest absolute Gasteiger partial charge is 0.338 e.